The summed E-state index contributed by atoms with van der Waals surface area (Å²) in [6, 6.07) is 12.9. The Kier molecular flexibility index (Phi) is 5.62. The van der Waals surface area contributed by atoms with Gasteiger partial charge in [-0.1, -0.05) is 23.7 Å². The molecule has 0 aliphatic carbocycles. The average Bonchev–Trinajstić information content (AvgIpc) is 3.18. The number of methoxy groups -OCH3 is 1. The number of ether oxygens (including phenoxy) is 1. The van der Waals surface area contributed by atoms with E-state index in [0.717, 1.165) is 17.7 Å². The Bertz CT molecular complexity index is 1310. The van der Waals surface area contributed by atoms with Crippen molar-refractivity contribution < 1.29 is 22.7 Å². The maximum Gasteiger partial charge on any atom is 0.417 e. The van der Waals surface area contributed by atoms with E-state index in [4.69, 9.17) is 16.3 Å². The summed E-state index contributed by atoms with van der Waals surface area (Å²) in [5, 5.41) is 8.85. The molecule has 0 saturated carbocycles. The highest BCUT2D eigenvalue weighted by Gasteiger charge is 2.33. The molecule has 0 atom stereocenters. The van der Waals surface area contributed by atoms with Gasteiger partial charge in [0.15, 0.2) is 11.5 Å². The number of hydrogen-bond donors (Lipinski definition) is 2. The van der Waals surface area contributed by atoms with Crippen molar-refractivity contribution in [2.24, 2.45) is 0 Å². The van der Waals surface area contributed by atoms with Gasteiger partial charge in [0, 0.05) is 11.3 Å². The summed E-state index contributed by atoms with van der Waals surface area (Å²) in [4.78, 5) is 16.7. The largest absolute Gasteiger partial charge is 0.497 e. The Balaban J connectivity index is 1.51. The zero-order valence-electron chi connectivity index (χ0n) is 16.4. The van der Waals surface area contributed by atoms with Gasteiger partial charge in [-0.3, -0.25) is 0 Å². The molecule has 0 saturated heterocycles. The number of alkyl halides is 3. The van der Waals surface area contributed by atoms with Crippen LogP contribution in [-0.2, 0) is 6.18 Å². The van der Waals surface area contributed by atoms with E-state index >= 15 is 0 Å². The van der Waals surface area contributed by atoms with Crippen LogP contribution in [0.3, 0.4) is 0 Å². The molecule has 2 N–H and O–H groups in total. The molecule has 2 aromatic carbocycles. The highest BCUT2D eigenvalue weighted by atomic mass is 35.5. The molecule has 0 radical (unpaired) electrons. The van der Waals surface area contributed by atoms with E-state index in [1.807, 2.05) is 12.1 Å². The predicted molar refractivity (Wildman–Crippen MR) is 114 cm³/mol. The van der Waals surface area contributed by atoms with E-state index in [1.165, 1.54) is 16.8 Å². The maximum absolute atomic E-state index is 13.0. The van der Waals surface area contributed by atoms with Crippen molar-refractivity contribution in [3.63, 3.8) is 0 Å². The third kappa shape index (κ3) is 4.59. The number of nitrogens with one attached hydrogen (secondary N) is 2. The van der Waals surface area contributed by atoms with Crippen LogP contribution < -0.4 is 15.4 Å². The van der Waals surface area contributed by atoms with Crippen LogP contribution in [0.1, 0.15) is 5.56 Å². The molecule has 0 bridgehead atoms. The topological polar surface area (TPSA) is 80.5 Å². The second-order valence-corrected chi connectivity index (χ2v) is 7.07. The number of aromatic nitrogens is 3. The second kappa shape index (κ2) is 8.39. The van der Waals surface area contributed by atoms with Crippen molar-refractivity contribution in [1.82, 2.24) is 14.6 Å². The van der Waals surface area contributed by atoms with Crippen LogP contribution in [-0.4, -0.2) is 27.7 Å². The van der Waals surface area contributed by atoms with Crippen molar-refractivity contribution >= 4 is 34.7 Å². The number of urea groups is 1. The van der Waals surface area contributed by atoms with E-state index in [-0.39, 0.29) is 5.69 Å². The molecular formula is C21H15ClF3N5O2. The van der Waals surface area contributed by atoms with E-state index in [1.54, 1.807) is 31.4 Å². The molecule has 2 aromatic heterocycles. The van der Waals surface area contributed by atoms with Gasteiger partial charge >= 0.3 is 12.2 Å². The number of pyridine rings is 1. The molecule has 0 unspecified atom stereocenters. The number of amides is 2. The van der Waals surface area contributed by atoms with Gasteiger partial charge in [-0.15, -0.1) is 5.10 Å². The molecule has 0 spiro atoms. The zero-order valence-corrected chi connectivity index (χ0v) is 17.2. The van der Waals surface area contributed by atoms with Gasteiger partial charge in [-0.25, -0.2) is 14.3 Å². The van der Waals surface area contributed by atoms with E-state index in [9.17, 15) is 18.0 Å². The molecule has 164 valence electrons. The van der Waals surface area contributed by atoms with Crippen molar-refractivity contribution in [1.29, 1.82) is 0 Å². The molecule has 11 heteroatoms. The Labute approximate surface area is 184 Å². The number of halogens is 4. The number of anilines is 2. The first-order valence-corrected chi connectivity index (χ1v) is 9.56. The summed E-state index contributed by atoms with van der Waals surface area (Å²) >= 11 is 5.59. The number of fused-ring (bicyclic) bond motifs is 1. The van der Waals surface area contributed by atoms with Gasteiger partial charge in [-0.2, -0.15) is 13.2 Å². The van der Waals surface area contributed by atoms with Crippen molar-refractivity contribution in [2.75, 3.05) is 17.7 Å². The lowest BCUT2D eigenvalue weighted by molar-refractivity contribution is -0.137. The third-order valence-electron chi connectivity index (χ3n) is 4.45. The Morgan fingerprint density at radius 1 is 1.06 bits per heavy atom. The fourth-order valence-corrected chi connectivity index (χ4v) is 3.18. The molecule has 4 rings (SSSR count). The summed E-state index contributed by atoms with van der Waals surface area (Å²) in [7, 11) is 1.56. The highest BCUT2D eigenvalue weighted by molar-refractivity contribution is 6.31. The van der Waals surface area contributed by atoms with E-state index in [0.29, 0.717) is 22.9 Å². The number of nitrogens with zero attached hydrogens (tertiary/aromatic N) is 3. The predicted octanol–water partition coefficient (Wildman–Crippen LogP) is 5.72. The summed E-state index contributed by atoms with van der Waals surface area (Å²) in [6.45, 7) is 0. The van der Waals surface area contributed by atoms with Crippen LogP contribution in [0.2, 0.25) is 5.02 Å². The number of rotatable bonds is 4. The average molecular weight is 462 g/mol. The minimum atomic E-state index is -4.64. The first kappa shape index (κ1) is 21.4. The monoisotopic (exact) mass is 461 g/mol. The number of hydrogen-bond acceptors (Lipinski definition) is 4. The lowest BCUT2D eigenvalue weighted by atomic mass is 10.2. The smallest absolute Gasteiger partial charge is 0.417 e. The normalized spacial score (nSPS) is 11.4. The highest BCUT2D eigenvalue weighted by Crippen LogP contribution is 2.36. The lowest BCUT2D eigenvalue weighted by Gasteiger charge is -2.12. The van der Waals surface area contributed by atoms with Gasteiger partial charge in [0.05, 0.1) is 29.6 Å². The first-order chi connectivity index (χ1) is 15.2. The fraction of sp³-hybridized carbons (Fsp3) is 0.0952. The van der Waals surface area contributed by atoms with Gasteiger partial charge < -0.3 is 15.4 Å². The molecule has 0 fully saturated rings. The summed E-state index contributed by atoms with van der Waals surface area (Å²) in [6.07, 6.45) is -3.10. The fourth-order valence-electron chi connectivity index (χ4n) is 2.96. The van der Waals surface area contributed by atoms with Crippen LogP contribution in [0.25, 0.3) is 17.0 Å². The summed E-state index contributed by atoms with van der Waals surface area (Å²) in [5.41, 5.74) is 0.569. The molecule has 4 aromatic rings. The van der Waals surface area contributed by atoms with Gasteiger partial charge in [0.1, 0.15) is 5.75 Å². The Morgan fingerprint density at radius 2 is 1.81 bits per heavy atom. The van der Waals surface area contributed by atoms with Crippen LogP contribution in [0.15, 0.2) is 60.8 Å². The van der Waals surface area contributed by atoms with Crippen LogP contribution >= 0.6 is 11.6 Å². The Morgan fingerprint density at radius 3 is 2.56 bits per heavy atom. The molecule has 2 amide bonds. The van der Waals surface area contributed by atoms with E-state index in [2.05, 4.69) is 20.7 Å². The van der Waals surface area contributed by atoms with Crippen LogP contribution in [0.4, 0.5) is 29.3 Å². The summed E-state index contributed by atoms with van der Waals surface area (Å²) < 4.78 is 45.7. The third-order valence-corrected chi connectivity index (χ3v) is 4.78. The quantitative estimate of drug-likeness (QED) is 0.407. The molecule has 32 heavy (non-hydrogen) atoms. The molecule has 7 nitrogen and oxygen atoms in total. The van der Waals surface area contributed by atoms with Crippen molar-refractivity contribution in [3.8, 4) is 17.1 Å². The molecule has 0 aliphatic heterocycles. The Hall–Kier alpha value is -3.79. The van der Waals surface area contributed by atoms with E-state index < -0.39 is 22.8 Å². The maximum atomic E-state index is 13.0. The van der Waals surface area contributed by atoms with Crippen LogP contribution in [0, 0.1) is 0 Å². The molecule has 2 heterocycles. The first-order valence-electron chi connectivity index (χ1n) is 9.18. The zero-order chi connectivity index (χ0) is 22.9. The number of benzene rings is 2. The molecule has 0 aliphatic rings. The lowest BCUT2D eigenvalue weighted by Crippen LogP contribution is -2.20. The van der Waals surface area contributed by atoms with Gasteiger partial charge in [0.2, 0.25) is 0 Å². The minimum Gasteiger partial charge on any atom is -0.497 e. The SMILES string of the molecule is COc1cccc(-c2nc3ccc(NC(=O)Nc4ccc(Cl)c(C(F)(F)F)c4)cn3n2)c1. The second-order valence-electron chi connectivity index (χ2n) is 6.66. The van der Waals surface area contributed by atoms with Crippen molar-refractivity contribution in [3.05, 3.63) is 71.4 Å². The van der Waals surface area contributed by atoms with Gasteiger partial charge in [-0.05, 0) is 42.5 Å². The number of carbonyl (C=O) groups is 1. The number of carbonyl (C=O) groups excluding carboxylic acids is 1. The minimum absolute atomic E-state index is 0.0543. The van der Waals surface area contributed by atoms with Crippen LogP contribution in [0.5, 0.6) is 5.75 Å². The van der Waals surface area contributed by atoms with Crippen molar-refractivity contribution in [2.45, 2.75) is 6.18 Å². The van der Waals surface area contributed by atoms with Gasteiger partial charge in [0.25, 0.3) is 0 Å². The molecular weight excluding hydrogens is 447 g/mol. The standard InChI is InChI=1S/C21H15ClF3N5O2/c1-32-15-4-2-3-12(9-15)19-28-18-8-6-14(11-30(18)29-19)27-20(31)26-13-5-7-17(22)16(10-13)21(23,24)25/h2-11H,1H3,(H2,26,27,31). The summed E-state index contributed by atoms with van der Waals surface area (Å²) in [5.74, 6) is 1.13.